The molecular weight excluding hydrogens is 332 g/mol. The number of amidine groups is 1. The minimum absolute atomic E-state index is 0.0372. The van der Waals surface area contributed by atoms with E-state index in [4.69, 9.17) is 22.5 Å². The molecule has 2 N–H and O–H groups in total. The van der Waals surface area contributed by atoms with Gasteiger partial charge in [0.1, 0.15) is 0 Å². The third-order valence-electron chi connectivity index (χ3n) is 4.44. The summed E-state index contributed by atoms with van der Waals surface area (Å²) in [6.45, 7) is 0.670. The molecule has 25 heavy (non-hydrogen) atoms. The van der Waals surface area contributed by atoms with Crippen LogP contribution in [0.15, 0.2) is 71.8 Å². The van der Waals surface area contributed by atoms with Crippen LogP contribution in [0.3, 0.4) is 0 Å². The van der Waals surface area contributed by atoms with E-state index in [0.29, 0.717) is 12.1 Å². The Hall–Kier alpha value is -2.98. The minimum Gasteiger partial charge on any atom is -0.336 e. The van der Waals surface area contributed by atoms with E-state index in [1.54, 1.807) is 0 Å². The summed E-state index contributed by atoms with van der Waals surface area (Å²) in [7, 11) is 0. The fraction of sp³-hybridized carbons (Fsp3) is 0.0500. The van der Waals surface area contributed by atoms with E-state index in [1.165, 1.54) is 0 Å². The summed E-state index contributed by atoms with van der Waals surface area (Å²) in [5, 5.41) is 14.0. The zero-order valence-corrected chi connectivity index (χ0v) is 14.1. The van der Waals surface area contributed by atoms with E-state index in [9.17, 15) is 0 Å². The molecule has 3 aromatic carbocycles. The van der Waals surface area contributed by atoms with Gasteiger partial charge in [0, 0.05) is 38.9 Å². The monoisotopic (exact) mass is 346 g/mol. The van der Waals surface area contributed by atoms with E-state index in [0.717, 1.165) is 32.4 Å². The highest BCUT2D eigenvalue weighted by Gasteiger charge is 2.13. The van der Waals surface area contributed by atoms with Gasteiger partial charge < -0.3 is 4.57 Å². The lowest BCUT2D eigenvalue weighted by Gasteiger charge is -2.09. The van der Waals surface area contributed by atoms with Crippen LogP contribution in [0.4, 0.5) is 0 Å². The first-order chi connectivity index (χ1) is 12.2. The Morgan fingerprint density at radius 2 is 1.64 bits per heavy atom. The summed E-state index contributed by atoms with van der Waals surface area (Å²) in [5.74, 6) is -0.0372. The molecule has 0 spiro atoms. The van der Waals surface area contributed by atoms with Crippen LogP contribution in [-0.2, 0) is 6.54 Å². The molecule has 0 bridgehead atoms. The maximum atomic E-state index is 7.80. The van der Waals surface area contributed by atoms with Crippen LogP contribution in [0, 0.1) is 10.9 Å². The minimum atomic E-state index is -0.0372. The summed E-state index contributed by atoms with van der Waals surface area (Å²) >= 11 is 6.35. The highest BCUT2D eigenvalue weighted by atomic mass is 35.5. The second kappa shape index (κ2) is 6.15. The topological polar surface area (TPSA) is 65.0 Å². The van der Waals surface area contributed by atoms with Gasteiger partial charge in [-0.25, -0.2) is 5.53 Å². The molecule has 122 valence electrons. The average Bonchev–Trinajstić information content (AvgIpc) is 2.96. The van der Waals surface area contributed by atoms with Crippen LogP contribution in [-0.4, -0.2) is 10.4 Å². The Kier molecular flexibility index (Phi) is 3.82. The van der Waals surface area contributed by atoms with Crippen molar-refractivity contribution in [3.05, 3.63) is 82.9 Å². The predicted octanol–water partition coefficient (Wildman–Crippen LogP) is 5.85. The number of nitrogens with zero attached hydrogens (tertiary/aromatic N) is 2. The Bertz CT molecular complexity index is 1130. The maximum Gasteiger partial charge on any atom is 0.173 e. The second-order valence-electron chi connectivity index (χ2n) is 5.89. The Balaban J connectivity index is 1.98. The number of benzene rings is 3. The number of hydrogen-bond acceptors (Lipinski definition) is 2. The van der Waals surface area contributed by atoms with Crippen molar-refractivity contribution in [2.24, 2.45) is 5.11 Å². The molecular formula is C20H15ClN4. The normalized spacial score (nSPS) is 11.1. The largest absolute Gasteiger partial charge is 0.336 e. The molecule has 0 aliphatic heterocycles. The zero-order chi connectivity index (χ0) is 17.4. The van der Waals surface area contributed by atoms with Crippen molar-refractivity contribution in [3.63, 3.8) is 0 Å². The molecule has 0 radical (unpaired) electrons. The third kappa shape index (κ3) is 2.61. The van der Waals surface area contributed by atoms with Crippen LogP contribution in [0.1, 0.15) is 11.1 Å². The van der Waals surface area contributed by atoms with Crippen molar-refractivity contribution in [1.29, 1.82) is 10.9 Å². The van der Waals surface area contributed by atoms with Crippen LogP contribution >= 0.6 is 11.6 Å². The first-order valence-corrected chi connectivity index (χ1v) is 8.27. The Morgan fingerprint density at radius 1 is 0.920 bits per heavy atom. The molecule has 0 saturated carbocycles. The van der Waals surface area contributed by atoms with E-state index in [-0.39, 0.29) is 5.84 Å². The van der Waals surface area contributed by atoms with Crippen molar-refractivity contribution in [1.82, 2.24) is 4.57 Å². The van der Waals surface area contributed by atoms with Gasteiger partial charge in [-0.05, 0) is 35.9 Å². The predicted molar refractivity (Wildman–Crippen MR) is 102 cm³/mol. The van der Waals surface area contributed by atoms with E-state index >= 15 is 0 Å². The van der Waals surface area contributed by atoms with Gasteiger partial charge in [-0.2, -0.15) is 0 Å². The molecule has 0 amide bonds. The molecule has 0 fully saturated rings. The number of para-hydroxylation sites is 1. The second-order valence-corrected chi connectivity index (χ2v) is 6.29. The number of nitrogens with one attached hydrogen (secondary N) is 2. The lowest BCUT2D eigenvalue weighted by molar-refractivity contribution is 0.869. The van der Waals surface area contributed by atoms with E-state index in [2.05, 4.69) is 21.8 Å². The van der Waals surface area contributed by atoms with Crippen molar-refractivity contribution in [2.45, 2.75) is 6.54 Å². The molecule has 0 atom stereocenters. The summed E-state index contributed by atoms with van der Waals surface area (Å²) < 4.78 is 2.23. The highest BCUT2D eigenvalue weighted by molar-refractivity contribution is 6.31. The smallest absolute Gasteiger partial charge is 0.173 e. The fourth-order valence-corrected chi connectivity index (χ4v) is 3.43. The molecule has 1 aromatic heterocycles. The number of hydrogen-bond donors (Lipinski definition) is 2. The zero-order valence-electron chi connectivity index (χ0n) is 13.3. The molecule has 0 unspecified atom stereocenters. The van der Waals surface area contributed by atoms with Crippen LogP contribution in [0.5, 0.6) is 0 Å². The first kappa shape index (κ1) is 15.5. The Labute approximate surface area is 149 Å². The van der Waals surface area contributed by atoms with Gasteiger partial charge in [-0.3, -0.25) is 5.41 Å². The van der Waals surface area contributed by atoms with Crippen LogP contribution < -0.4 is 0 Å². The lowest BCUT2D eigenvalue weighted by atomic mass is 10.1. The number of halogens is 1. The molecule has 4 aromatic rings. The lowest BCUT2D eigenvalue weighted by Crippen LogP contribution is -2.00. The van der Waals surface area contributed by atoms with Crippen molar-refractivity contribution in [3.8, 4) is 0 Å². The van der Waals surface area contributed by atoms with Crippen molar-refractivity contribution < 1.29 is 0 Å². The third-order valence-corrected chi connectivity index (χ3v) is 4.81. The van der Waals surface area contributed by atoms with Gasteiger partial charge in [-0.15, -0.1) is 5.11 Å². The quantitative estimate of drug-likeness (QED) is 0.265. The maximum absolute atomic E-state index is 7.80. The standard InChI is InChI=1S/C20H15ClN4/c21-17-7-3-1-5-14(17)12-25-18-8-4-2-6-15(18)16-11-13(20(22)24-23)9-10-19(16)25/h1-11,22-23H,12H2. The van der Waals surface area contributed by atoms with E-state index in [1.807, 2.05) is 54.6 Å². The van der Waals surface area contributed by atoms with Gasteiger partial charge in [0.2, 0.25) is 0 Å². The van der Waals surface area contributed by atoms with Crippen LogP contribution in [0.25, 0.3) is 21.8 Å². The average molecular weight is 347 g/mol. The fourth-order valence-electron chi connectivity index (χ4n) is 3.23. The molecule has 4 rings (SSSR count). The summed E-state index contributed by atoms with van der Waals surface area (Å²) in [6, 6.07) is 21.8. The van der Waals surface area contributed by atoms with Gasteiger partial charge in [0.25, 0.3) is 0 Å². The Morgan fingerprint density at radius 3 is 2.44 bits per heavy atom. The number of fused-ring (bicyclic) bond motifs is 3. The molecule has 0 saturated heterocycles. The summed E-state index contributed by atoms with van der Waals surface area (Å²) in [6.07, 6.45) is 0. The number of rotatable bonds is 3. The first-order valence-electron chi connectivity index (χ1n) is 7.90. The van der Waals surface area contributed by atoms with Crippen molar-refractivity contribution >= 4 is 39.2 Å². The SMILES string of the molecule is N=NC(=N)c1ccc2c(c1)c1ccccc1n2Cc1ccccc1Cl. The van der Waals surface area contributed by atoms with Crippen molar-refractivity contribution in [2.75, 3.05) is 0 Å². The molecule has 0 aliphatic carbocycles. The summed E-state index contributed by atoms with van der Waals surface area (Å²) in [4.78, 5) is 0. The molecule has 4 nitrogen and oxygen atoms in total. The van der Waals surface area contributed by atoms with Gasteiger partial charge in [-0.1, -0.05) is 48.0 Å². The highest BCUT2D eigenvalue weighted by Crippen LogP contribution is 2.31. The summed E-state index contributed by atoms with van der Waals surface area (Å²) in [5.41, 5.74) is 11.0. The van der Waals surface area contributed by atoms with E-state index < -0.39 is 0 Å². The van der Waals surface area contributed by atoms with Gasteiger partial charge >= 0.3 is 0 Å². The van der Waals surface area contributed by atoms with Gasteiger partial charge in [0.05, 0.1) is 0 Å². The van der Waals surface area contributed by atoms with Crippen LogP contribution in [0.2, 0.25) is 5.02 Å². The molecule has 1 heterocycles. The molecule has 0 aliphatic rings. The molecule has 5 heteroatoms. The van der Waals surface area contributed by atoms with Gasteiger partial charge in [0.15, 0.2) is 5.84 Å². The number of aromatic nitrogens is 1.